The summed E-state index contributed by atoms with van der Waals surface area (Å²) < 4.78 is 0. The van der Waals surface area contributed by atoms with E-state index in [-0.39, 0.29) is 17.2 Å². The van der Waals surface area contributed by atoms with E-state index in [1.165, 1.54) is 5.56 Å². The molecule has 1 aliphatic rings. The predicted octanol–water partition coefficient (Wildman–Crippen LogP) is 3.87. The molecule has 1 aromatic carbocycles. The molecule has 0 bridgehead atoms. The van der Waals surface area contributed by atoms with Gasteiger partial charge in [-0.05, 0) is 57.0 Å². The average Bonchev–Trinajstić information content (AvgIpc) is 3.00. The molecular weight excluding hydrogens is 354 g/mol. The highest BCUT2D eigenvalue weighted by Crippen LogP contribution is 2.24. The van der Waals surface area contributed by atoms with E-state index in [9.17, 15) is 4.79 Å². The normalized spacial score (nSPS) is 18.5. The van der Waals surface area contributed by atoms with E-state index < -0.39 is 0 Å². The summed E-state index contributed by atoms with van der Waals surface area (Å²) in [6.07, 6.45) is 4.98. The second-order valence-corrected chi connectivity index (χ2v) is 8.39. The third kappa shape index (κ3) is 6.08. The van der Waals surface area contributed by atoms with Crippen molar-refractivity contribution < 1.29 is 4.79 Å². The predicted molar refractivity (Wildman–Crippen MR) is 112 cm³/mol. The number of carbonyl (C=O) groups excluding carboxylic acids is 1. The molecule has 0 spiro atoms. The minimum Gasteiger partial charge on any atom is -0.333 e. The number of hydrogen-bond acceptors (Lipinski definition) is 4. The largest absolute Gasteiger partial charge is 0.333 e. The van der Waals surface area contributed by atoms with Gasteiger partial charge >= 0.3 is 0 Å². The Kier molecular flexibility index (Phi) is 7.72. The number of pyridine rings is 1. The molecule has 2 atom stereocenters. The standard InChI is InChI=1S/C22H29N3OS/c1-18(27-17-19-8-3-2-4-9-19)22(26)25(16-20-10-5-6-14-24-20)21-11-7-13-23-15-12-21/h2-6,8-10,14,18,21,23H,7,11-13,15-17H2,1H3. The Labute approximate surface area is 166 Å². The second kappa shape index (κ2) is 10.5. The van der Waals surface area contributed by atoms with Crippen LogP contribution in [-0.2, 0) is 17.1 Å². The van der Waals surface area contributed by atoms with Crippen LogP contribution < -0.4 is 5.32 Å². The zero-order valence-electron chi connectivity index (χ0n) is 16.0. The summed E-state index contributed by atoms with van der Waals surface area (Å²) in [7, 11) is 0. The summed E-state index contributed by atoms with van der Waals surface area (Å²) in [5, 5.41) is 3.39. The number of thioether (sulfide) groups is 1. The number of carbonyl (C=O) groups is 1. The van der Waals surface area contributed by atoms with Crippen LogP contribution in [0.4, 0.5) is 0 Å². The van der Waals surface area contributed by atoms with Crippen molar-refractivity contribution in [3.63, 3.8) is 0 Å². The lowest BCUT2D eigenvalue weighted by Crippen LogP contribution is -2.44. The van der Waals surface area contributed by atoms with Crippen LogP contribution in [0.5, 0.6) is 0 Å². The van der Waals surface area contributed by atoms with Gasteiger partial charge in [-0.1, -0.05) is 36.4 Å². The highest BCUT2D eigenvalue weighted by molar-refractivity contribution is 7.99. The minimum absolute atomic E-state index is 0.0647. The van der Waals surface area contributed by atoms with Gasteiger partial charge in [-0.3, -0.25) is 9.78 Å². The van der Waals surface area contributed by atoms with Gasteiger partial charge in [0.25, 0.3) is 0 Å². The van der Waals surface area contributed by atoms with Crippen molar-refractivity contribution in [2.24, 2.45) is 0 Å². The number of rotatable bonds is 7. The topological polar surface area (TPSA) is 45.2 Å². The summed E-state index contributed by atoms with van der Waals surface area (Å²) in [6.45, 7) is 4.65. The first kappa shape index (κ1) is 19.9. The fourth-order valence-electron chi connectivity index (χ4n) is 3.47. The minimum atomic E-state index is -0.0647. The molecule has 2 unspecified atom stereocenters. The number of nitrogens with zero attached hydrogens (tertiary/aromatic N) is 2. The maximum Gasteiger partial charge on any atom is 0.236 e. The van der Waals surface area contributed by atoms with Crippen molar-refractivity contribution in [2.45, 2.75) is 49.8 Å². The summed E-state index contributed by atoms with van der Waals surface area (Å²) >= 11 is 1.72. The molecule has 1 fully saturated rings. The van der Waals surface area contributed by atoms with E-state index in [1.54, 1.807) is 18.0 Å². The lowest BCUT2D eigenvalue weighted by Gasteiger charge is -2.33. The Morgan fingerprint density at radius 2 is 2.00 bits per heavy atom. The smallest absolute Gasteiger partial charge is 0.236 e. The molecule has 3 rings (SSSR count). The molecule has 0 radical (unpaired) electrons. The lowest BCUT2D eigenvalue weighted by atomic mass is 10.1. The number of nitrogens with one attached hydrogen (secondary N) is 1. The van der Waals surface area contributed by atoms with E-state index in [2.05, 4.69) is 27.3 Å². The summed E-state index contributed by atoms with van der Waals surface area (Å²) in [6, 6.07) is 16.6. The van der Waals surface area contributed by atoms with Gasteiger partial charge in [0, 0.05) is 18.0 Å². The molecule has 4 nitrogen and oxygen atoms in total. The molecule has 144 valence electrons. The van der Waals surface area contributed by atoms with Gasteiger partial charge in [0.2, 0.25) is 5.91 Å². The Hall–Kier alpha value is -1.85. The lowest BCUT2D eigenvalue weighted by molar-refractivity contribution is -0.133. The van der Waals surface area contributed by atoms with E-state index in [0.29, 0.717) is 6.54 Å². The fourth-order valence-corrected chi connectivity index (χ4v) is 4.38. The maximum absolute atomic E-state index is 13.3. The van der Waals surface area contributed by atoms with Gasteiger partial charge < -0.3 is 10.2 Å². The summed E-state index contributed by atoms with van der Waals surface area (Å²) in [5.41, 5.74) is 2.22. The van der Waals surface area contributed by atoms with Crippen LogP contribution >= 0.6 is 11.8 Å². The molecule has 1 N–H and O–H groups in total. The van der Waals surface area contributed by atoms with E-state index in [0.717, 1.165) is 43.8 Å². The van der Waals surface area contributed by atoms with E-state index in [1.807, 2.05) is 43.3 Å². The molecular formula is C22H29N3OS. The van der Waals surface area contributed by atoms with Crippen molar-refractivity contribution in [3.05, 3.63) is 66.0 Å². The molecule has 2 heterocycles. The van der Waals surface area contributed by atoms with Crippen LogP contribution in [-0.4, -0.2) is 40.2 Å². The number of benzene rings is 1. The molecule has 0 saturated carbocycles. The number of hydrogen-bond donors (Lipinski definition) is 1. The highest BCUT2D eigenvalue weighted by atomic mass is 32.2. The first-order valence-electron chi connectivity index (χ1n) is 9.80. The molecule has 1 aromatic heterocycles. The quantitative estimate of drug-likeness (QED) is 0.788. The van der Waals surface area contributed by atoms with Gasteiger partial charge in [-0.2, -0.15) is 0 Å². The first-order valence-corrected chi connectivity index (χ1v) is 10.9. The zero-order chi connectivity index (χ0) is 18.9. The SMILES string of the molecule is CC(SCc1ccccc1)C(=O)N(Cc1ccccn1)C1CCCNCC1. The van der Waals surface area contributed by atoms with Gasteiger partial charge in [-0.15, -0.1) is 11.8 Å². The highest BCUT2D eigenvalue weighted by Gasteiger charge is 2.28. The molecule has 1 aliphatic heterocycles. The molecule has 0 aliphatic carbocycles. The van der Waals surface area contributed by atoms with Gasteiger partial charge in [-0.25, -0.2) is 0 Å². The monoisotopic (exact) mass is 383 g/mol. The third-order valence-corrected chi connectivity index (χ3v) is 6.22. The molecule has 2 aromatic rings. The third-order valence-electron chi connectivity index (χ3n) is 5.02. The van der Waals surface area contributed by atoms with Gasteiger partial charge in [0.1, 0.15) is 0 Å². The number of aromatic nitrogens is 1. The molecule has 27 heavy (non-hydrogen) atoms. The van der Waals surface area contributed by atoms with E-state index in [4.69, 9.17) is 0 Å². The Balaban J connectivity index is 1.68. The van der Waals surface area contributed by atoms with Gasteiger partial charge in [0.15, 0.2) is 0 Å². The Morgan fingerprint density at radius 1 is 1.19 bits per heavy atom. The molecule has 1 saturated heterocycles. The molecule has 1 amide bonds. The van der Waals surface area contributed by atoms with Crippen LogP contribution in [0.3, 0.4) is 0 Å². The summed E-state index contributed by atoms with van der Waals surface area (Å²) in [5.74, 6) is 1.09. The van der Waals surface area contributed by atoms with Crippen LogP contribution in [0.15, 0.2) is 54.7 Å². The Bertz CT molecular complexity index is 687. The van der Waals surface area contributed by atoms with E-state index >= 15 is 0 Å². The van der Waals surface area contributed by atoms with Gasteiger partial charge in [0.05, 0.1) is 17.5 Å². The fraction of sp³-hybridized carbons (Fsp3) is 0.455. The zero-order valence-corrected chi connectivity index (χ0v) is 16.8. The van der Waals surface area contributed by atoms with Crippen LogP contribution in [0.25, 0.3) is 0 Å². The maximum atomic E-state index is 13.3. The van der Waals surface area contributed by atoms with Crippen molar-refractivity contribution in [3.8, 4) is 0 Å². The van der Waals surface area contributed by atoms with Crippen LogP contribution in [0.2, 0.25) is 0 Å². The molecule has 5 heteroatoms. The number of amides is 1. The Morgan fingerprint density at radius 3 is 2.78 bits per heavy atom. The van der Waals surface area contributed by atoms with Crippen molar-refractivity contribution >= 4 is 17.7 Å². The average molecular weight is 384 g/mol. The van der Waals surface area contributed by atoms with Crippen molar-refractivity contribution in [1.29, 1.82) is 0 Å². The first-order chi connectivity index (χ1) is 13.2. The van der Waals surface area contributed by atoms with Crippen LogP contribution in [0, 0.1) is 0 Å². The van der Waals surface area contributed by atoms with Crippen molar-refractivity contribution in [2.75, 3.05) is 13.1 Å². The van der Waals surface area contributed by atoms with Crippen molar-refractivity contribution in [1.82, 2.24) is 15.2 Å². The summed E-state index contributed by atoms with van der Waals surface area (Å²) in [4.78, 5) is 19.9. The van der Waals surface area contributed by atoms with Crippen LogP contribution in [0.1, 0.15) is 37.4 Å². The second-order valence-electron chi connectivity index (χ2n) is 7.06.